The van der Waals surface area contributed by atoms with Gasteiger partial charge in [0.15, 0.2) is 5.00 Å². The molecule has 0 aliphatic heterocycles. The van der Waals surface area contributed by atoms with Crippen molar-refractivity contribution in [1.82, 2.24) is 0 Å². The number of alkyl halides is 1. The van der Waals surface area contributed by atoms with Crippen LogP contribution in [0.4, 0.5) is 0 Å². The molecule has 2 nitrogen and oxygen atoms in total. The van der Waals surface area contributed by atoms with Crippen LogP contribution in [0.25, 0.3) is 0 Å². The molecule has 0 aromatic carbocycles. The molecule has 0 amide bonds. The summed E-state index contributed by atoms with van der Waals surface area (Å²) in [6.07, 6.45) is 0.800. The van der Waals surface area contributed by atoms with Gasteiger partial charge in [0.2, 0.25) is 0 Å². The van der Waals surface area contributed by atoms with E-state index in [1.807, 2.05) is 34.6 Å². The monoisotopic (exact) mass is 176 g/mol. The molecule has 0 N–H and O–H groups in total. The second-order valence-electron chi connectivity index (χ2n) is 3.87. The van der Waals surface area contributed by atoms with Gasteiger partial charge < -0.3 is 0 Å². The van der Waals surface area contributed by atoms with E-state index >= 15 is 0 Å². The summed E-state index contributed by atoms with van der Waals surface area (Å²) in [5.74, 6) is 0. The summed E-state index contributed by atoms with van der Waals surface area (Å²) >= 11 is 5.97. The fourth-order valence-electron chi connectivity index (χ4n) is 0.325. The van der Waals surface area contributed by atoms with Crippen LogP contribution in [0.1, 0.15) is 41.0 Å². The van der Waals surface area contributed by atoms with Crippen molar-refractivity contribution in [3.05, 3.63) is 0 Å². The quantitative estimate of drug-likeness (QED) is 0.349. The molecule has 0 aliphatic carbocycles. The van der Waals surface area contributed by atoms with Gasteiger partial charge in [-0.05, 0) is 34.1 Å². The average molecular weight is 177 g/mol. The minimum atomic E-state index is -0.521. The summed E-state index contributed by atoms with van der Waals surface area (Å²) in [6.45, 7) is 9.86. The van der Waals surface area contributed by atoms with E-state index in [0.29, 0.717) is 0 Å². The lowest BCUT2D eigenvalue weighted by Gasteiger charge is -2.16. The Morgan fingerprint density at radius 2 is 1.55 bits per heavy atom. The Kier molecular flexibility index (Phi) is 3.49. The minimum absolute atomic E-state index is 0.120. The molecule has 0 radical (unpaired) electrons. The summed E-state index contributed by atoms with van der Waals surface area (Å²) in [4.78, 5) is -0.521. The number of nitrogens with zero attached hydrogens (tertiary/aromatic N) is 2. The maximum absolute atomic E-state index is 5.97. The highest BCUT2D eigenvalue weighted by Crippen LogP contribution is 2.22. The molecule has 3 heteroatoms. The number of hydrogen-bond acceptors (Lipinski definition) is 2. The molecule has 0 saturated carbocycles. The summed E-state index contributed by atoms with van der Waals surface area (Å²) in [7, 11) is 0. The first-order valence-electron chi connectivity index (χ1n) is 3.90. The Balaban J connectivity index is 4.13. The van der Waals surface area contributed by atoms with E-state index in [1.54, 1.807) is 0 Å². The highest BCUT2D eigenvalue weighted by molar-refractivity contribution is 6.23. The molecule has 0 spiro atoms. The zero-order valence-corrected chi connectivity index (χ0v) is 8.74. The molecule has 66 valence electrons. The zero-order chi connectivity index (χ0) is 9.12. The molecule has 0 aliphatic rings. The van der Waals surface area contributed by atoms with Crippen LogP contribution in [0.3, 0.4) is 0 Å². The topological polar surface area (TPSA) is 24.7 Å². The lowest BCUT2D eigenvalue weighted by molar-refractivity contribution is 0.491. The zero-order valence-electron chi connectivity index (χ0n) is 7.98. The van der Waals surface area contributed by atoms with Gasteiger partial charge in [-0.3, -0.25) is 0 Å². The van der Waals surface area contributed by atoms with E-state index < -0.39 is 5.00 Å². The molecule has 1 atom stereocenters. The van der Waals surface area contributed by atoms with Crippen LogP contribution < -0.4 is 0 Å². The third-order valence-corrected chi connectivity index (χ3v) is 1.55. The van der Waals surface area contributed by atoms with Crippen LogP contribution in [-0.2, 0) is 0 Å². The molecule has 0 heterocycles. The van der Waals surface area contributed by atoms with E-state index in [4.69, 9.17) is 11.6 Å². The molecule has 0 aromatic rings. The van der Waals surface area contributed by atoms with E-state index in [2.05, 4.69) is 10.2 Å². The molecular weight excluding hydrogens is 160 g/mol. The van der Waals surface area contributed by atoms with E-state index in [-0.39, 0.29) is 5.54 Å². The molecule has 0 bridgehead atoms. The van der Waals surface area contributed by atoms with Crippen molar-refractivity contribution in [3.63, 3.8) is 0 Å². The molecular formula is C8H17ClN2. The maximum atomic E-state index is 5.97. The van der Waals surface area contributed by atoms with Crippen LogP contribution >= 0.6 is 11.6 Å². The van der Waals surface area contributed by atoms with Gasteiger partial charge in [-0.15, -0.1) is 0 Å². The largest absolute Gasteiger partial charge is 0.187 e. The van der Waals surface area contributed by atoms with Gasteiger partial charge in [0.05, 0.1) is 5.54 Å². The van der Waals surface area contributed by atoms with E-state index in [9.17, 15) is 0 Å². The Morgan fingerprint density at radius 1 is 1.09 bits per heavy atom. The Morgan fingerprint density at radius 3 is 1.82 bits per heavy atom. The average Bonchev–Trinajstić information content (AvgIpc) is 1.83. The lowest BCUT2D eigenvalue weighted by atomic mass is 10.1. The van der Waals surface area contributed by atoms with Crippen molar-refractivity contribution in [2.24, 2.45) is 10.2 Å². The van der Waals surface area contributed by atoms with Crippen molar-refractivity contribution < 1.29 is 0 Å². The van der Waals surface area contributed by atoms with Crippen LogP contribution in [0.15, 0.2) is 10.2 Å². The van der Waals surface area contributed by atoms with E-state index in [1.165, 1.54) is 0 Å². The molecule has 0 saturated heterocycles. The van der Waals surface area contributed by atoms with Crippen LogP contribution in [0.2, 0.25) is 0 Å². The molecule has 0 rings (SSSR count). The number of halogens is 1. The van der Waals surface area contributed by atoms with E-state index in [0.717, 1.165) is 6.42 Å². The fourth-order valence-corrected chi connectivity index (χ4v) is 0.363. The molecule has 1 unspecified atom stereocenters. The predicted octanol–water partition coefficient (Wildman–Crippen LogP) is 3.60. The van der Waals surface area contributed by atoms with Crippen molar-refractivity contribution in [1.29, 1.82) is 0 Å². The number of azo groups is 1. The third-order valence-electron chi connectivity index (χ3n) is 1.20. The Bertz CT molecular complexity index is 145. The van der Waals surface area contributed by atoms with Gasteiger partial charge in [-0.1, -0.05) is 18.5 Å². The maximum Gasteiger partial charge on any atom is 0.151 e. The second kappa shape index (κ2) is 3.53. The predicted molar refractivity (Wildman–Crippen MR) is 49.2 cm³/mol. The summed E-state index contributed by atoms with van der Waals surface area (Å²) in [5, 5.41) is 8.13. The van der Waals surface area contributed by atoms with Gasteiger partial charge in [0, 0.05) is 0 Å². The fraction of sp³-hybridized carbons (Fsp3) is 1.00. The summed E-state index contributed by atoms with van der Waals surface area (Å²) < 4.78 is 0. The number of hydrogen-bond donors (Lipinski definition) is 0. The van der Waals surface area contributed by atoms with Crippen molar-refractivity contribution in [2.75, 3.05) is 0 Å². The standard InChI is InChI=1S/C8H17ClN2/c1-6-8(5,9)11-10-7(2,3)4/h6H2,1-5H3. The lowest BCUT2D eigenvalue weighted by Crippen LogP contribution is -2.14. The van der Waals surface area contributed by atoms with Crippen molar-refractivity contribution in [3.8, 4) is 0 Å². The van der Waals surface area contributed by atoms with Crippen LogP contribution in [0.5, 0.6) is 0 Å². The van der Waals surface area contributed by atoms with Crippen molar-refractivity contribution >= 4 is 11.6 Å². The van der Waals surface area contributed by atoms with Gasteiger partial charge in [-0.25, -0.2) is 0 Å². The van der Waals surface area contributed by atoms with Crippen LogP contribution in [0, 0.1) is 0 Å². The minimum Gasteiger partial charge on any atom is -0.187 e. The van der Waals surface area contributed by atoms with Gasteiger partial charge in [-0.2, -0.15) is 10.2 Å². The molecule has 0 fully saturated rings. The van der Waals surface area contributed by atoms with Crippen LogP contribution in [-0.4, -0.2) is 10.5 Å². The first-order valence-corrected chi connectivity index (χ1v) is 4.27. The Labute approximate surface area is 74.0 Å². The van der Waals surface area contributed by atoms with Gasteiger partial charge in [0.25, 0.3) is 0 Å². The first kappa shape index (κ1) is 10.9. The van der Waals surface area contributed by atoms with Gasteiger partial charge in [0.1, 0.15) is 0 Å². The van der Waals surface area contributed by atoms with Crippen molar-refractivity contribution in [2.45, 2.75) is 51.6 Å². The molecule has 0 aromatic heterocycles. The smallest absolute Gasteiger partial charge is 0.151 e. The SMILES string of the molecule is CCC(C)(Cl)N=NC(C)(C)C. The molecule has 11 heavy (non-hydrogen) atoms. The van der Waals surface area contributed by atoms with Gasteiger partial charge >= 0.3 is 0 Å². The Hall–Kier alpha value is -0.110. The highest BCUT2D eigenvalue weighted by Gasteiger charge is 2.17. The second-order valence-corrected chi connectivity index (χ2v) is 4.68. The normalized spacial score (nSPS) is 18.7. The summed E-state index contributed by atoms with van der Waals surface area (Å²) in [6, 6.07) is 0. The highest BCUT2D eigenvalue weighted by atomic mass is 35.5. The first-order chi connectivity index (χ1) is 4.77. The third kappa shape index (κ3) is 6.29. The number of rotatable bonds is 2. The summed E-state index contributed by atoms with van der Waals surface area (Å²) in [5.41, 5.74) is -0.120.